The lowest BCUT2D eigenvalue weighted by Gasteiger charge is -2.14. The highest BCUT2D eigenvalue weighted by atomic mass is 16.5. The molecule has 6 nitrogen and oxygen atoms in total. The van der Waals surface area contributed by atoms with Gasteiger partial charge in [-0.05, 0) is 25.9 Å². The van der Waals surface area contributed by atoms with Gasteiger partial charge in [0, 0.05) is 13.7 Å². The molecule has 0 radical (unpaired) electrons. The quantitative estimate of drug-likeness (QED) is 0.738. The minimum absolute atomic E-state index is 0.369. The Hall–Kier alpha value is -1.45. The van der Waals surface area contributed by atoms with Crippen molar-refractivity contribution in [3.8, 4) is 6.07 Å². The third-order valence-electron chi connectivity index (χ3n) is 3.05. The molecular weight excluding hydrogens is 218 g/mol. The Kier molecular flexibility index (Phi) is 4.07. The summed E-state index contributed by atoms with van der Waals surface area (Å²) in [5.41, 5.74) is 1.14. The molecule has 0 saturated carbocycles. The molecule has 6 heteroatoms. The summed E-state index contributed by atoms with van der Waals surface area (Å²) in [6, 6.07) is 2.04. The Morgan fingerprint density at radius 3 is 2.76 bits per heavy atom. The van der Waals surface area contributed by atoms with Crippen LogP contribution in [0.4, 0.5) is 0 Å². The Balaban J connectivity index is 1.99. The van der Waals surface area contributed by atoms with Gasteiger partial charge in [-0.1, -0.05) is 5.21 Å². The number of nitriles is 1. The predicted molar refractivity (Wildman–Crippen MR) is 61.1 cm³/mol. The number of aromatic nitrogens is 3. The molecule has 92 valence electrons. The molecule has 1 aliphatic rings. The van der Waals surface area contributed by atoms with E-state index < -0.39 is 0 Å². The van der Waals surface area contributed by atoms with E-state index in [1.807, 2.05) is 6.07 Å². The van der Waals surface area contributed by atoms with Crippen LogP contribution in [0.15, 0.2) is 0 Å². The van der Waals surface area contributed by atoms with Gasteiger partial charge in [-0.2, -0.15) is 5.26 Å². The Labute approximate surface area is 101 Å². The number of rotatable bonds is 5. The zero-order valence-corrected chi connectivity index (χ0v) is 10.1. The van der Waals surface area contributed by atoms with Gasteiger partial charge in [0.05, 0.1) is 13.2 Å². The van der Waals surface area contributed by atoms with Crippen molar-refractivity contribution in [1.82, 2.24) is 19.9 Å². The second kappa shape index (κ2) is 5.75. The first-order valence-corrected chi connectivity index (χ1v) is 5.89. The zero-order valence-electron chi connectivity index (χ0n) is 10.1. The van der Waals surface area contributed by atoms with E-state index >= 15 is 0 Å². The van der Waals surface area contributed by atoms with Gasteiger partial charge in [0.25, 0.3) is 0 Å². The second-order valence-corrected chi connectivity index (χ2v) is 4.20. The van der Waals surface area contributed by atoms with E-state index in [1.165, 1.54) is 25.9 Å². The van der Waals surface area contributed by atoms with E-state index in [0.717, 1.165) is 18.8 Å². The van der Waals surface area contributed by atoms with Crippen LogP contribution in [0.1, 0.15) is 24.2 Å². The molecule has 1 aliphatic heterocycles. The van der Waals surface area contributed by atoms with Crippen LogP contribution in [0.3, 0.4) is 0 Å². The SMILES string of the molecule is COCc1c(C#N)nnn1CCN1CCCC1. The van der Waals surface area contributed by atoms with Crippen LogP contribution in [0.25, 0.3) is 0 Å². The van der Waals surface area contributed by atoms with Gasteiger partial charge in [0.15, 0.2) is 5.69 Å². The third-order valence-corrected chi connectivity index (χ3v) is 3.05. The van der Waals surface area contributed by atoms with Gasteiger partial charge in [-0.3, -0.25) is 0 Å². The summed E-state index contributed by atoms with van der Waals surface area (Å²) in [7, 11) is 1.61. The van der Waals surface area contributed by atoms with Crippen molar-refractivity contribution < 1.29 is 4.74 Å². The topological polar surface area (TPSA) is 67.0 Å². The smallest absolute Gasteiger partial charge is 0.188 e. The highest BCUT2D eigenvalue weighted by molar-refractivity contribution is 5.23. The molecule has 1 saturated heterocycles. The van der Waals surface area contributed by atoms with E-state index in [1.54, 1.807) is 11.8 Å². The van der Waals surface area contributed by atoms with Crippen LogP contribution < -0.4 is 0 Å². The Morgan fingerprint density at radius 2 is 2.12 bits per heavy atom. The van der Waals surface area contributed by atoms with Crippen molar-refractivity contribution in [3.63, 3.8) is 0 Å². The molecular formula is C11H17N5O. The molecule has 0 aromatic carbocycles. The summed E-state index contributed by atoms with van der Waals surface area (Å²) in [4.78, 5) is 2.41. The van der Waals surface area contributed by atoms with E-state index in [0.29, 0.717) is 12.3 Å². The van der Waals surface area contributed by atoms with E-state index in [4.69, 9.17) is 10.00 Å². The Morgan fingerprint density at radius 1 is 1.35 bits per heavy atom. The fraction of sp³-hybridized carbons (Fsp3) is 0.727. The Bertz CT molecular complexity index is 402. The molecule has 0 unspecified atom stereocenters. The summed E-state index contributed by atoms with van der Waals surface area (Å²) < 4.78 is 6.85. The maximum absolute atomic E-state index is 8.91. The number of likely N-dealkylation sites (tertiary alicyclic amines) is 1. The number of ether oxygens (including phenoxy) is 1. The molecule has 1 fully saturated rings. The first-order chi connectivity index (χ1) is 8.35. The highest BCUT2D eigenvalue weighted by Gasteiger charge is 2.15. The first kappa shape index (κ1) is 12.0. The molecule has 1 aromatic rings. The van der Waals surface area contributed by atoms with Crippen LogP contribution in [0.2, 0.25) is 0 Å². The summed E-state index contributed by atoms with van der Waals surface area (Å²) in [6.45, 7) is 4.45. The van der Waals surface area contributed by atoms with Crippen molar-refractivity contribution in [1.29, 1.82) is 5.26 Å². The van der Waals surface area contributed by atoms with Gasteiger partial charge >= 0.3 is 0 Å². The lowest BCUT2D eigenvalue weighted by molar-refractivity contribution is 0.175. The summed E-state index contributed by atoms with van der Waals surface area (Å²) in [5.74, 6) is 0. The zero-order chi connectivity index (χ0) is 12.1. The van der Waals surface area contributed by atoms with Crippen molar-refractivity contribution >= 4 is 0 Å². The van der Waals surface area contributed by atoms with Gasteiger partial charge in [0.2, 0.25) is 0 Å². The average molecular weight is 235 g/mol. The number of nitrogens with zero attached hydrogens (tertiary/aromatic N) is 5. The van der Waals surface area contributed by atoms with Crippen LogP contribution in [-0.4, -0.2) is 46.6 Å². The average Bonchev–Trinajstić information content (AvgIpc) is 2.96. The molecule has 2 rings (SSSR count). The lowest BCUT2D eigenvalue weighted by Crippen LogP contribution is -2.25. The monoisotopic (exact) mass is 235 g/mol. The number of hydrogen-bond acceptors (Lipinski definition) is 5. The molecule has 0 amide bonds. The van der Waals surface area contributed by atoms with Crippen LogP contribution in [0, 0.1) is 11.3 Å². The molecule has 0 spiro atoms. The van der Waals surface area contributed by atoms with Gasteiger partial charge in [-0.25, -0.2) is 4.68 Å². The molecule has 0 N–H and O–H groups in total. The maximum atomic E-state index is 8.91. The molecule has 0 aliphatic carbocycles. The fourth-order valence-corrected chi connectivity index (χ4v) is 2.12. The third kappa shape index (κ3) is 2.81. The van der Waals surface area contributed by atoms with Gasteiger partial charge in [0.1, 0.15) is 11.8 Å². The largest absolute Gasteiger partial charge is 0.378 e. The molecule has 17 heavy (non-hydrogen) atoms. The van der Waals surface area contributed by atoms with Crippen molar-refractivity contribution in [2.75, 3.05) is 26.7 Å². The maximum Gasteiger partial charge on any atom is 0.188 e. The van der Waals surface area contributed by atoms with Crippen molar-refractivity contribution in [2.45, 2.75) is 26.0 Å². The minimum atomic E-state index is 0.369. The molecule has 0 bridgehead atoms. The molecule has 1 aromatic heterocycles. The summed E-state index contributed by atoms with van der Waals surface area (Å²) in [5, 5.41) is 16.8. The molecule has 0 atom stereocenters. The molecule has 2 heterocycles. The van der Waals surface area contributed by atoms with E-state index in [-0.39, 0.29) is 0 Å². The lowest BCUT2D eigenvalue weighted by atomic mass is 10.3. The van der Waals surface area contributed by atoms with E-state index in [9.17, 15) is 0 Å². The minimum Gasteiger partial charge on any atom is -0.378 e. The van der Waals surface area contributed by atoms with Gasteiger partial charge < -0.3 is 9.64 Å². The number of methoxy groups -OCH3 is 1. The summed E-state index contributed by atoms with van der Waals surface area (Å²) in [6.07, 6.45) is 2.57. The van der Waals surface area contributed by atoms with Crippen molar-refractivity contribution in [2.24, 2.45) is 0 Å². The number of hydrogen-bond donors (Lipinski definition) is 0. The highest BCUT2D eigenvalue weighted by Crippen LogP contribution is 2.09. The second-order valence-electron chi connectivity index (χ2n) is 4.20. The van der Waals surface area contributed by atoms with Crippen LogP contribution in [-0.2, 0) is 17.9 Å². The predicted octanol–water partition coefficient (Wildman–Crippen LogP) is 0.392. The standard InChI is InChI=1S/C11H17N5O/c1-17-9-11-10(8-12)13-14-16(11)7-6-15-4-2-3-5-15/h2-7,9H2,1H3. The summed E-state index contributed by atoms with van der Waals surface area (Å²) >= 11 is 0. The normalized spacial score (nSPS) is 16.2. The van der Waals surface area contributed by atoms with Crippen molar-refractivity contribution in [3.05, 3.63) is 11.4 Å². The van der Waals surface area contributed by atoms with Crippen LogP contribution >= 0.6 is 0 Å². The first-order valence-electron chi connectivity index (χ1n) is 5.89. The van der Waals surface area contributed by atoms with E-state index in [2.05, 4.69) is 15.2 Å². The van der Waals surface area contributed by atoms with Crippen LogP contribution in [0.5, 0.6) is 0 Å². The van der Waals surface area contributed by atoms with Gasteiger partial charge in [-0.15, -0.1) is 5.10 Å². The fourth-order valence-electron chi connectivity index (χ4n) is 2.12.